The van der Waals surface area contributed by atoms with Crippen molar-refractivity contribution in [1.29, 1.82) is 0 Å². The van der Waals surface area contributed by atoms with Crippen molar-refractivity contribution in [3.05, 3.63) is 58.2 Å². The van der Waals surface area contributed by atoms with Gasteiger partial charge >= 0.3 is 0 Å². The Hall–Kier alpha value is -2.11. The van der Waals surface area contributed by atoms with Gasteiger partial charge in [0.25, 0.3) is 5.91 Å². The average Bonchev–Trinajstić information content (AvgIpc) is 3.07. The first kappa shape index (κ1) is 16.7. The van der Waals surface area contributed by atoms with Crippen LogP contribution in [-0.2, 0) is 4.79 Å². The summed E-state index contributed by atoms with van der Waals surface area (Å²) in [6.07, 6.45) is 2.95. The Morgan fingerprint density at radius 2 is 2.04 bits per heavy atom. The predicted molar refractivity (Wildman–Crippen MR) is 93.4 cm³/mol. The number of nitrogens with one attached hydrogen (secondary N) is 1. The second kappa shape index (κ2) is 7.20. The van der Waals surface area contributed by atoms with Crippen LogP contribution in [0.5, 0.6) is 0 Å². The molecule has 1 aromatic carbocycles. The molecular weight excluding hydrogens is 349 g/mol. The van der Waals surface area contributed by atoms with E-state index < -0.39 is 6.04 Å². The monoisotopic (exact) mass is 363 g/mol. The topological polar surface area (TPSA) is 62.3 Å². The first-order valence-electron chi connectivity index (χ1n) is 7.54. The summed E-state index contributed by atoms with van der Waals surface area (Å²) in [4.78, 5) is 30.9. The number of amides is 2. The van der Waals surface area contributed by atoms with Crippen molar-refractivity contribution >= 4 is 40.8 Å². The van der Waals surface area contributed by atoms with Gasteiger partial charge in [-0.25, -0.2) is 4.98 Å². The van der Waals surface area contributed by atoms with Crippen LogP contribution in [0.4, 0.5) is 5.82 Å². The lowest BCUT2D eigenvalue weighted by molar-refractivity contribution is -0.119. The van der Waals surface area contributed by atoms with Gasteiger partial charge in [0.1, 0.15) is 11.9 Å². The van der Waals surface area contributed by atoms with Crippen LogP contribution in [0.3, 0.4) is 0 Å². The summed E-state index contributed by atoms with van der Waals surface area (Å²) in [6.45, 7) is 0.502. The summed E-state index contributed by atoms with van der Waals surface area (Å²) < 4.78 is 0. The van der Waals surface area contributed by atoms with Crippen molar-refractivity contribution in [1.82, 2.24) is 9.88 Å². The third-order valence-corrected chi connectivity index (χ3v) is 4.46. The van der Waals surface area contributed by atoms with Crippen molar-refractivity contribution in [2.45, 2.75) is 18.9 Å². The first-order valence-corrected chi connectivity index (χ1v) is 8.30. The van der Waals surface area contributed by atoms with Crippen LogP contribution in [0.2, 0.25) is 10.0 Å². The number of carbonyl (C=O) groups excluding carboxylic acids is 2. The molecule has 3 rings (SSSR count). The van der Waals surface area contributed by atoms with E-state index in [4.69, 9.17) is 23.2 Å². The molecule has 24 heavy (non-hydrogen) atoms. The molecule has 7 heteroatoms. The molecule has 1 aromatic heterocycles. The lowest BCUT2D eigenvalue weighted by atomic mass is 10.1. The van der Waals surface area contributed by atoms with Crippen molar-refractivity contribution in [2.24, 2.45) is 0 Å². The number of rotatable bonds is 3. The van der Waals surface area contributed by atoms with Crippen molar-refractivity contribution in [3.8, 4) is 0 Å². The maximum atomic E-state index is 12.8. The van der Waals surface area contributed by atoms with E-state index in [-0.39, 0.29) is 11.8 Å². The third kappa shape index (κ3) is 3.52. The van der Waals surface area contributed by atoms with Crippen molar-refractivity contribution in [2.75, 3.05) is 11.9 Å². The summed E-state index contributed by atoms with van der Waals surface area (Å²) in [6, 6.07) is 9.43. The number of halogens is 2. The maximum absolute atomic E-state index is 12.8. The van der Waals surface area contributed by atoms with Gasteiger partial charge in [-0.2, -0.15) is 0 Å². The number of hydrogen-bond donors (Lipinski definition) is 1. The summed E-state index contributed by atoms with van der Waals surface area (Å²) in [7, 11) is 0. The smallest absolute Gasteiger partial charge is 0.256 e. The number of nitrogens with zero attached hydrogens (tertiary/aromatic N) is 2. The number of likely N-dealkylation sites (tertiary alicyclic amines) is 1. The van der Waals surface area contributed by atoms with Crippen molar-refractivity contribution in [3.63, 3.8) is 0 Å². The Morgan fingerprint density at radius 1 is 1.21 bits per heavy atom. The highest BCUT2D eigenvalue weighted by Crippen LogP contribution is 2.26. The summed E-state index contributed by atoms with van der Waals surface area (Å²) >= 11 is 12.1. The fourth-order valence-corrected chi connectivity index (χ4v) is 3.12. The fourth-order valence-electron chi connectivity index (χ4n) is 2.74. The van der Waals surface area contributed by atoms with Crippen LogP contribution in [0.25, 0.3) is 0 Å². The lowest BCUT2D eigenvalue weighted by Crippen LogP contribution is -2.43. The zero-order valence-corrected chi connectivity index (χ0v) is 14.2. The second-order valence-electron chi connectivity index (χ2n) is 5.48. The lowest BCUT2D eigenvalue weighted by Gasteiger charge is -2.24. The Kier molecular flexibility index (Phi) is 5.02. The molecule has 0 saturated carbocycles. The van der Waals surface area contributed by atoms with E-state index in [0.717, 1.165) is 6.42 Å². The van der Waals surface area contributed by atoms with Crippen LogP contribution in [0, 0.1) is 0 Å². The van der Waals surface area contributed by atoms with E-state index in [9.17, 15) is 9.59 Å². The Labute approximate surface area is 149 Å². The van der Waals surface area contributed by atoms with E-state index in [0.29, 0.717) is 34.4 Å². The molecule has 1 aliphatic heterocycles. The second-order valence-corrected chi connectivity index (χ2v) is 6.33. The number of aromatic nitrogens is 1. The van der Waals surface area contributed by atoms with Gasteiger partial charge in [0.05, 0.1) is 10.6 Å². The predicted octanol–water partition coefficient (Wildman–Crippen LogP) is 3.63. The van der Waals surface area contributed by atoms with Crippen LogP contribution < -0.4 is 5.32 Å². The molecule has 1 aliphatic rings. The van der Waals surface area contributed by atoms with E-state index in [1.807, 2.05) is 0 Å². The fraction of sp³-hybridized carbons (Fsp3) is 0.235. The molecule has 1 fully saturated rings. The number of hydrogen-bond acceptors (Lipinski definition) is 3. The Bertz CT molecular complexity index is 768. The molecule has 0 spiro atoms. The number of pyridine rings is 1. The molecule has 2 heterocycles. The summed E-state index contributed by atoms with van der Waals surface area (Å²) in [5, 5.41) is 3.49. The van der Waals surface area contributed by atoms with Gasteiger partial charge in [0.2, 0.25) is 5.91 Å². The van der Waals surface area contributed by atoms with Gasteiger partial charge in [0, 0.05) is 17.8 Å². The van der Waals surface area contributed by atoms with Crippen molar-refractivity contribution < 1.29 is 9.59 Å². The third-order valence-electron chi connectivity index (χ3n) is 3.89. The maximum Gasteiger partial charge on any atom is 0.256 e. The first-order chi connectivity index (χ1) is 11.6. The molecule has 1 N–H and O–H groups in total. The number of anilines is 1. The summed E-state index contributed by atoms with van der Waals surface area (Å²) in [5.41, 5.74) is 0.307. The minimum Gasteiger partial charge on any atom is -0.327 e. The van der Waals surface area contributed by atoms with Gasteiger partial charge in [-0.15, -0.1) is 0 Å². The molecular formula is C17H15Cl2N3O2. The van der Waals surface area contributed by atoms with Gasteiger partial charge in [-0.1, -0.05) is 29.3 Å². The summed E-state index contributed by atoms with van der Waals surface area (Å²) in [5.74, 6) is -0.0820. The minimum absolute atomic E-state index is 0.252. The standard InChI is InChI=1S/C17H15Cl2N3O2/c18-11-6-7-13(19)12(10-11)17(24)22-9-3-4-14(22)16(23)21-15-5-1-2-8-20-15/h1-2,5-8,10,14H,3-4,9H2,(H,20,21,23). The van der Waals surface area contributed by atoms with Gasteiger partial charge in [0.15, 0.2) is 0 Å². The molecule has 0 radical (unpaired) electrons. The van der Waals surface area contributed by atoms with E-state index in [1.165, 1.54) is 11.0 Å². The highest BCUT2D eigenvalue weighted by Gasteiger charge is 2.35. The van der Waals surface area contributed by atoms with Crippen LogP contribution >= 0.6 is 23.2 Å². The molecule has 2 aromatic rings. The number of carbonyl (C=O) groups is 2. The molecule has 1 unspecified atom stereocenters. The molecule has 124 valence electrons. The minimum atomic E-state index is -0.547. The SMILES string of the molecule is O=C(Nc1ccccn1)C1CCCN1C(=O)c1cc(Cl)ccc1Cl. The normalized spacial score (nSPS) is 16.9. The van der Waals surface area contributed by atoms with Crippen LogP contribution in [0.1, 0.15) is 23.2 Å². The Balaban J connectivity index is 1.78. The molecule has 0 bridgehead atoms. The average molecular weight is 364 g/mol. The quantitative estimate of drug-likeness (QED) is 0.905. The van der Waals surface area contributed by atoms with E-state index in [2.05, 4.69) is 10.3 Å². The molecule has 5 nitrogen and oxygen atoms in total. The van der Waals surface area contributed by atoms with Gasteiger partial charge in [-0.3, -0.25) is 9.59 Å². The molecule has 2 amide bonds. The highest BCUT2D eigenvalue weighted by molar-refractivity contribution is 6.35. The van der Waals surface area contributed by atoms with Crippen LogP contribution in [0.15, 0.2) is 42.6 Å². The molecule has 1 saturated heterocycles. The largest absolute Gasteiger partial charge is 0.327 e. The van der Waals surface area contributed by atoms with Crippen LogP contribution in [-0.4, -0.2) is 34.3 Å². The Morgan fingerprint density at radius 3 is 2.79 bits per heavy atom. The van der Waals surface area contributed by atoms with Gasteiger partial charge in [-0.05, 0) is 43.2 Å². The zero-order valence-electron chi connectivity index (χ0n) is 12.7. The highest BCUT2D eigenvalue weighted by atomic mass is 35.5. The van der Waals surface area contributed by atoms with E-state index in [1.54, 1.807) is 36.5 Å². The van der Waals surface area contributed by atoms with Gasteiger partial charge < -0.3 is 10.2 Å². The molecule has 1 atom stereocenters. The molecule has 0 aliphatic carbocycles. The van der Waals surface area contributed by atoms with E-state index >= 15 is 0 Å². The number of benzene rings is 1. The zero-order chi connectivity index (χ0) is 17.1.